The largest absolute Gasteiger partial charge is 0.466 e. The van der Waals surface area contributed by atoms with Crippen molar-refractivity contribution in [2.24, 2.45) is 5.92 Å². The minimum atomic E-state index is -0.656. The second-order valence-corrected chi connectivity index (χ2v) is 4.51. The van der Waals surface area contributed by atoms with E-state index in [1.54, 1.807) is 6.92 Å². The number of nitrogens with zero attached hydrogens (tertiary/aromatic N) is 2. The Balaban J connectivity index is 2.20. The number of esters is 1. The lowest BCUT2D eigenvalue weighted by atomic mass is 9.85. The van der Waals surface area contributed by atoms with Crippen molar-refractivity contribution < 1.29 is 14.3 Å². The Hall–Kier alpha value is -1.98. The van der Waals surface area contributed by atoms with E-state index in [9.17, 15) is 14.4 Å². The van der Waals surface area contributed by atoms with E-state index >= 15 is 0 Å². The van der Waals surface area contributed by atoms with Gasteiger partial charge in [0.05, 0.1) is 12.5 Å². The third-order valence-corrected chi connectivity index (χ3v) is 3.28. The summed E-state index contributed by atoms with van der Waals surface area (Å²) < 4.78 is 6.13. The van der Waals surface area contributed by atoms with E-state index < -0.39 is 6.04 Å². The van der Waals surface area contributed by atoms with Gasteiger partial charge in [0, 0.05) is 18.7 Å². The fourth-order valence-electron chi connectivity index (χ4n) is 2.32. The summed E-state index contributed by atoms with van der Waals surface area (Å²) in [4.78, 5) is 35.3. The first kappa shape index (κ1) is 13.5. The van der Waals surface area contributed by atoms with Crippen LogP contribution in [0.15, 0.2) is 23.1 Å². The Bertz CT molecular complexity index is 537. The Labute approximate surface area is 110 Å². The van der Waals surface area contributed by atoms with Crippen molar-refractivity contribution in [3.63, 3.8) is 0 Å². The third kappa shape index (κ3) is 2.89. The van der Waals surface area contributed by atoms with Crippen molar-refractivity contribution in [1.29, 1.82) is 0 Å². The van der Waals surface area contributed by atoms with Gasteiger partial charge >= 0.3 is 5.97 Å². The molecule has 6 nitrogen and oxygen atoms in total. The lowest BCUT2D eigenvalue weighted by Gasteiger charge is -2.26. The third-order valence-electron chi connectivity index (χ3n) is 3.28. The molecule has 2 unspecified atom stereocenters. The van der Waals surface area contributed by atoms with Crippen LogP contribution in [0.5, 0.6) is 0 Å². The van der Waals surface area contributed by atoms with Crippen molar-refractivity contribution in [3.05, 3.63) is 28.7 Å². The minimum absolute atomic E-state index is 0.0543. The van der Waals surface area contributed by atoms with Crippen LogP contribution in [0.1, 0.15) is 32.2 Å². The summed E-state index contributed by atoms with van der Waals surface area (Å²) in [5.41, 5.74) is -0.328. The Morgan fingerprint density at radius 3 is 3.00 bits per heavy atom. The molecule has 1 aliphatic rings. The van der Waals surface area contributed by atoms with E-state index in [1.165, 1.54) is 18.3 Å². The van der Waals surface area contributed by atoms with Crippen molar-refractivity contribution >= 4 is 11.8 Å². The van der Waals surface area contributed by atoms with Gasteiger partial charge in [-0.1, -0.05) is 0 Å². The molecule has 0 N–H and O–H groups in total. The quantitative estimate of drug-likeness (QED) is 0.751. The van der Waals surface area contributed by atoms with Crippen LogP contribution in [0.4, 0.5) is 0 Å². The number of ether oxygens (including phenoxy) is 1. The van der Waals surface area contributed by atoms with Crippen molar-refractivity contribution in [2.45, 2.75) is 32.2 Å². The van der Waals surface area contributed by atoms with Crippen LogP contribution in [0.2, 0.25) is 0 Å². The zero-order valence-electron chi connectivity index (χ0n) is 10.7. The van der Waals surface area contributed by atoms with Gasteiger partial charge in [-0.25, -0.2) is 4.68 Å². The van der Waals surface area contributed by atoms with Crippen LogP contribution in [0, 0.1) is 5.92 Å². The normalized spacial score (nSPS) is 23.1. The highest BCUT2D eigenvalue weighted by Crippen LogP contribution is 2.29. The molecule has 0 amide bonds. The SMILES string of the molecule is CCOC(=O)C1CCC(=O)C(n2ncccc2=O)C1. The van der Waals surface area contributed by atoms with Crippen molar-refractivity contribution in [1.82, 2.24) is 9.78 Å². The summed E-state index contributed by atoms with van der Waals surface area (Å²) in [6.07, 6.45) is 2.50. The molecule has 2 atom stereocenters. The summed E-state index contributed by atoms with van der Waals surface area (Å²) >= 11 is 0. The molecular formula is C13H16N2O4. The predicted octanol–water partition coefficient (Wildman–Crippen LogP) is 0.717. The molecular weight excluding hydrogens is 248 g/mol. The van der Waals surface area contributed by atoms with Crippen LogP contribution in [-0.4, -0.2) is 28.1 Å². The summed E-state index contributed by atoms with van der Waals surface area (Å²) in [6, 6.07) is 2.22. The highest BCUT2D eigenvalue weighted by Gasteiger charge is 2.35. The molecule has 0 aromatic carbocycles. The van der Waals surface area contributed by atoms with E-state index in [0.717, 1.165) is 4.68 Å². The molecule has 1 fully saturated rings. The van der Waals surface area contributed by atoms with Gasteiger partial charge < -0.3 is 4.74 Å². The fraction of sp³-hybridized carbons (Fsp3) is 0.538. The predicted molar refractivity (Wildman–Crippen MR) is 66.5 cm³/mol. The second kappa shape index (κ2) is 5.77. The van der Waals surface area contributed by atoms with E-state index in [0.29, 0.717) is 13.0 Å². The van der Waals surface area contributed by atoms with Crippen LogP contribution < -0.4 is 5.56 Å². The van der Waals surface area contributed by atoms with Gasteiger partial charge in [-0.05, 0) is 25.8 Å². The number of rotatable bonds is 3. The number of aromatic nitrogens is 2. The standard InChI is InChI=1S/C13H16N2O4/c1-2-19-13(18)9-5-6-11(16)10(8-9)15-12(17)4-3-7-14-15/h3-4,7,9-10H,2,5-6,8H2,1H3. The van der Waals surface area contributed by atoms with E-state index in [2.05, 4.69) is 5.10 Å². The smallest absolute Gasteiger partial charge is 0.309 e. The van der Waals surface area contributed by atoms with Crippen LogP contribution in [0.3, 0.4) is 0 Å². The van der Waals surface area contributed by atoms with Crippen LogP contribution >= 0.6 is 0 Å². The Kier molecular flexibility index (Phi) is 4.09. The van der Waals surface area contributed by atoms with Crippen molar-refractivity contribution in [2.75, 3.05) is 6.61 Å². The first-order chi connectivity index (χ1) is 9.13. The molecule has 1 saturated carbocycles. The van der Waals surface area contributed by atoms with Gasteiger partial charge in [0.25, 0.3) is 5.56 Å². The summed E-state index contributed by atoms with van der Waals surface area (Å²) in [5, 5.41) is 3.92. The molecule has 2 rings (SSSR count). The molecule has 1 heterocycles. The highest BCUT2D eigenvalue weighted by atomic mass is 16.5. The topological polar surface area (TPSA) is 78.3 Å². The molecule has 1 aromatic heterocycles. The zero-order chi connectivity index (χ0) is 13.8. The number of Topliss-reactive ketones (excluding diaryl/α,β-unsaturated/α-hetero) is 1. The summed E-state index contributed by atoms with van der Waals surface area (Å²) in [7, 11) is 0. The highest BCUT2D eigenvalue weighted by molar-refractivity contribution is 5.85. The molecule has 0 bridgehead atoms. The maximum absolute atomic E-state index is 11.9. The molecule has 0 spiro atoms. The second-order valence-electron chi connectivity index (χ2n) is 4.51. The average molecular weight is 264 g/mol. The van der Waals surface area contributed by atoms with Gasteiger partial charge in [-0.15, -0.1) is 0 Å². The van der Waals surface area contributed by atoms with Crippen molar-refractivity contribution in [3.8, 4) is 0 Å². The zero-order valence-corrected chi connectivity index (χ0v) is 10.7. The molecule has 1 aliphatic carbocycles. The molecule has 0 radical (unpaired) electrons. The first-order valence-electron chi connectivity index (χ1n) is 6.36. The van der Waals surface area contributed by atoms with Gasteiger partial charge in [0.2, 0.25) is 0 Å². The number of carbonyl (C=O) groups excluding carboxylic acids is 2. The minimum Gasteiger partial charge on any atom is -0.466 e. The van der Waals surface area contributed by atoms with Gasteiger partial charge in [0.1, 0.15) is 6.04 Å². The summed E-state index contributed by atoms with van der Waals surface area (Å²) in [6.45, 7) is 2.06. The lowest BCUT2D eigenvalue weighted by molar-refractivity contribution is -0.150. The fourth-order valence-corrected chi connectivity index (χ4v) is 2.32. The monoisotopic (exact) mass is 264 g/mol. The van der Waals surface area contributed by atoms with Gasteiger partial charge in [-0.2, -0.15) is 5.10 Å². The number of hydrogen-bond donors (Lipinski definition) is 0. The van der Waals surface area contributed by atoms with E-state index in [-0.39, 0.29) is 36.1 Å². The average Bonchev–Trinajstić information content (AvgIpc) is 2.40. The Morgan fingerprint density at radius 2 is 2.32 bits per heavy atom. The molecule has 102 valence electrons. The number of ketones is 1. The molecule has 6 heteroatoms. The maximum Gasteiger partial charge on any atom is 0.309 e. The summed E-state index contributed by atoms with van der Waals surface area (Å²) in [5.74, 6) is -0.693. The van der Waals surface area contributed by atoms with Gasteiger partial charge in [-0.3, -0.25) is 14.4 Å². The van der Waals surface area contributed by atoms with E-state index in [4.69, 9.17) is 4.74 Å². The molecule has 1 aromatic rings. The maximum atomic E-state index is 11.9. The first-order valence-corrected chi connectivity index (χ1v) is 6.36. The Morgan fingerprint density at radius 1 is 1.53 bits per heavy atom. The molecule has 0 aliphatic heterocycles. The van der Waals surface area contributed by atoms with Crippen LogP contribution in [-0.2, 0) is 14.3 Å². The molecule has 0 saturated heterocycles. The van der Waals surface area contributed by atoms with Gasteiger partial charge in [0.15, 0.2) is 5.78 Å². The van der Waals surface area contributed by atoms with Crippen LogP contribution in [0.25, 0.3) is 0 Å². The lowest BCUT2D eigenvalue weighted by Crippen LogP contribution is -2.37. The number of hydrogen-bond acceptors (Lipinski definition) is 5. The van der Waals surface area contributed by atoms with E-state index in [1.807, 2.05) is 0 Å². The molecule has 19 heavy (non-hydrogen) atoms. The number of carbonyl (C=O) groups is 2.